The second-order valence-corrected chi connectivity index (χ2v) is 5.45. The van der Waals surface area contributed by atoms with Crippen molar-refractivity contribution in [2.75, 3.05) is 0 Å². The Bertz CT molecular complexity index is 354. The fraction of sp³-hybridized carbons (Fsp3) is 0.600. The van der Waals surface area contributed by atoms with Gasteiger partial charge in [-0.15, -0.1) is 0 Å². The van der Waals surface area contributed by atoms with Crippen molar-refractivity contribution >= 4 is 0 Å². The first-order valence-electron chi connectivity index (χ1n) is 6.41. The maximum absolute atomic E-state index is 6.36. The van der Waals surface area contributed by atoms with Crippen LogP contribution in [0, 0.1) is 26.7 Å². The molecule has 1 atom stereocenters. The van der Waals surface area contributed by atoms with Crippen LogP contribution in [0.3, 0.4) is 0 Å². The molecule has 1 aromatic carbocycles. The normalized spacial score (nSPS) is 18.2. The van der Waals surface area contributed by atoms with Crippen LogP contribution in [0.1, 0.15) is 54.0 Å². The molecule has 1 fully saturated rings. The van der Waals surface area contributed by atoms with Gasteiger partial charge in [0, 0.05) is 6.04 Å². The highest BCUT2D eigenvalue weighted by atomic mass is 14.6. The fourth-order valence-corrected chi connectivity index (χ4v) is 2.98. The molecule has 2 rings (SSSR count). The summed E-state index contributed by atoms with van der Waals surface area (Å²) in [4.78, 5) is 0. The predicted molar refractivity (Wildman–Crippen MR) is 69.5 cm³/mol. The van der Waals surface area contributed by atoms with E-state index in [1.807, 2.05) is 0 Å². The van der Waals surface area contributed by atoms with E-state index in [2.05, 4.69) is 32.9 Å². The molecular formula is C15H23N. The van der Waals surface area contributed by atoms with Crippen LogP contribution in [0.5, 0.6) is 0 Å². The van der Waals surface area contributed by atoms with E-state index in [1.54, 1.807) is 0 Å². The van der Waals surface area contributed by atoms with Crippen LogP contribution in [0.4, 0.5) is 0 Å². The largest absolute Gasteiger partial charge is 0.324 e. The molecule has 1 nitrogen and oxygen atoms in total. The molecule has 88 valence electrons. The third-order valence-corrected chi connectivity index (χ3v) is 3.92. The van der Waals surface area contributed by atoms with E-state index >= 15 is 0 Å². The summed E-state index contributed by atoms with van der Waals surface area (Å²) < 4.78 is 0. The van der Waals surface area contributed by atoms with E-state index in [9.17, 15) is 0 Å². The van der Waals surface area contributed by atoms with Gasteiger partial charge in [-0.05, 0) is 49.8 Å². The molecule has 0 radical (unpaired) electrons. The molecule has 0 aromatic heterocycles. The Hall–Kier alpha value is -0.820. The van der Waals surface area contributed by atoms with Crippen LogP contribution >= 0.6 is 0 Å². The van der Waals surface area contributed by atoms with Crippen LogP contribution in [0.15, 0.2) is 12.1 Å². The Morgan fingerprint density at radius 1 is 1.19 bits per heavy atom. The highest BCUT2D eigenvalue weighted by molar-refractivity contribution is 5.39. The molecule has 0 aliphatic heterocycles. The third-order valence-electron chi connectivity index (χ3n) is 3.92. The number of hydrogen-bond acceptors (Lipinski definition) is 1. The van der Waals surface area contributed by atoms with Gasteiger partial charge < -0.3 is 5.73 Å². The van der Waals surface area contributed by atoms with Crippen LogP contribution in [0.25, 0.3) is 0 Å². The topological polar surface area (TPSA) is 26.0 Å². The zero-order valence-electron chi connectivity index (χ0n) is 10.7. The molecule has 0 bridgehead atoms. The first-order chi connectivity index (χ1) is 7.58. The minimum Gasteiger partial charge on any atom is -0.324 e. The second kappa shape index (κ2) is 4.58. The molecule has 2 N–H and O–H groups in total. The van der Waals surface area contributed by atoms with E-state index in [1.165, 1.54) is 47.9 Å². The summed E-state index contributed by atoms with van der Waals surface area (Å²) in [6.45, 7) is 6.53. The summed E-state index contributed by atoms with van der Waals surface area (Å²) in [6, 6.07) is 4.75. The Labute approximate surface area is 99.0 Å². The number of nitrogens with two attached hydrogens (primary N) is 1. The molecule has 1 aromatic rings. The van der Waals surface area contributed by atoms with Gasteiger partial charge in [0.1, 0.15) is 0 Å². The predicted octanol–water partition coefficient (Wildman–Crippen LogP) is 3.80. The van der Waals surface area contributed by atoms with Crippen molar-refractivity contribution in [2.24, 2.45) is 11.7 Å². The smallest absolute Gasteiger partial charge is 0.0302 e. The van der Waals surface area contributed by atoms with Crippen molar-refractivity contribution in [1.82, 2.24) is 0 Å². The lowest BCUT2D eigenvalue weighted by molar-refractivity contribution is 0.277. The van der Waals surface area contributed by atoms with Crippen LogP contribution in [0.2, 0.25) is 0 Å². The fourth-order valence-electron chi connectivity index (χ4n) is 2.98. The van der Waals surface area contributed by atoms with E-state index in [-0.39, 0.29) is 6.04 Å². The standard InChI is InChI=1S/C15H23N/c1-10-7-11(2)15(12(3)8-10)14(16)9-13-5-4-6-13/h7-8,13-14H,4-6,9,16H2,1-3H3. The molecule has 0 saturated heterocycles. The van der Waals surface area contributed by atoms with E-state index in [0.717, 1.165) is 5.92 Å². The van der Waals surface area contributed by atoms with Gasteiger partial charge in [0.15, 0.2) is 0 Å². The number of rotatable bonds is 3. The quantitative estimate of drug-likeness (QED) is 0.818. The summed E-state index contributed by atoms with van der Waals surface area (Å²) in [6.07, 6.45) is 5.35. The molecule has 0 amide bonds. The molecule has 1 unspecified atom stereocenters. The highest BCUT2D eigenvalue weighted by Crippen LogP contribution is 2.35. The van der Waals surface area contributed by atoms with Gasteiger partial charge in [-0.3, -0.25) is 0 Å². The first kappa shape index (κ1) is 11.7. The second-order valence-electron chi connectivity index (χ2n) is 5.45. The number of aryl methyl sites for hydroxylation is 3. The Morgan fingerprint density at radius 3 is 2.19 bits per heavy atom. The van der Waals surface area contributed by atoms with Crippen molar-refractivity contribution < 1.29 is 0 Å². The summed E-state index contributed by atoms with van der Waals surface area (Å²) >= 11 is 0. The lowest BCUT2D eigenvalue weighted by Crippen LogP contribution is -2.21. The molecular weight excluding hydrogens is 194 g/mol. The van der Waals surface area contributed by atoms with Crippen molar-refractivity contribution in [1.29, 1.82) is 0 Å². The van der Waals surface area contributed by atoms with Crippen LogP contribution in [-0.2, 0) is 0 Å². The van der Waals surface area contributed by atoms with Gasteiger partial charge in [-0.25, -0.2) is 0 Å². The maximum Gasteiger partial charge on any atom is 0.0302 e. The number of hydrogen-bond donors (Lipinski definition) is 1. The molecule has 0 heterocycles. The average molecular weight is 217 g/mol. The summed E-state index contributed by atoms with van der Waals surface area (Å²) in [7, 11) is 0. The Balaban J connectivity index is 2.17. The third kappa shape index (κ3) is 2.30. The van der Waals surface area contributed by atoms with Crippen molar-refractivity contribution in [3.8, 4) is 0 Å². The zero-order valence-corrected chi connectivity index (χ0v) is 10.7. The first-order valence-corrected chi connectivity index (χ1v) is 6.41. The Morgan fingerprint density at radius 2 is 1.75 bits per heavy atom. The zero-order chi connectivity index (χ0) is 11.7. The Kier molecular flexibility index (Phi) is 3.34. The van der Waals surface area contributed by atoms with Gasteiger partial charge in [0.05, 0.1) is 0 Å². The van der Waals surface area contributed by atoms with Crippen molar-refractivity contribution in [3.05, 3.63) is 34.4 Å². The summed E-state index contributed by atoms with van der Waals surface area (Å²) in [5, 5.41) is 0. The average Bonchev–Trinajstić information content (AvgIpc) is 2.09. The summed E-state index contributed by atoms with van der Waals surface area (Å²) in [5.41, 5.74) is 11.8. The minimum atomic E-state index is 0.242. The monoisotopic (exact) mass is 217 g/mol. The lowest BCUT2D eigenvalue weighted by atomic mass is 9.78. The lowest BCUT2D eigenvalue weighted by Gasteiger charge is -2.29. The van der Waals surface area contributed by atoms with Gasteiger partial charge in [0.25, 0.3) is 0 Å². The van der Waals surface area contributed by atoms with Crippen molar-refractivity contribution in [2.45, 2.75) is 52.5 Å². The molecule has 1 heteroatoms. The maximum atomic E-state index is 6.36. The molecule has 16 heavy (non-hydrogen) atoms. The number of benzene rings is 1. The molecule has 1 aliphatic carbocycles. The minimum absolute atomic E-state index is 0.242. The molecule has 1 saturated carbocycles. The molecule has 1 aliphatic rings. The SMILES string of the molecule is Cc1cc(C)c(C(N)CC2CCC2)c(C)c1. The highest BCUT2D eigenvalue weighted by Gasteiger charge is 2.22. The van der Waals surface area contributed by atoms with Gasteiger partial charge in [-0.1, -0.05) is 37.0 Å². The van der Waals surface area contributed by atoms with E-state index in [4.69, 9.17) is 5.73 Å². The van der Waals surface area contributed by atoms with E-state index < -0.39 is 0 Å². The van der Waals surface area contributed by atoms with E-state index in [0.29, 0.717) is 0 Å². The summed E-state index contributed by atoms with van der Waals surface area (Å²) in [5.74, 6) is 0.884. The van der Waals surface area contributed by atoms with Crippen LogP contribution < -0.4 is 5.73 Å². The van der Waals surface area contributed by atoms with Crippen molar-refractivity contribution in [3.63, 3.8) is 0 Å². The molecule has 0 spiro atoms. The van der Waals surface area contributed by atoms with Gasteiger partial charge in [-0.2, -0.15) is 0 Å². The van der Waals surface area contributed by atoms with Crippen LogP contribution in [-0.4, -0.2) is 0 Å². The van der Waals surface area contributed by atoms with Gasteiger partial charge >= 0.3 is 0 Å². The van der Waals surface area contributed by atoms with Gasteiger partial charge in [0.2, 0.25) is 0 Å².